The Morgan fingerprint density at radius 2 is 0.879 bits per heavy atom. The third kappa shape index (κ3) is 13.2. The fourth-order valence-corrected chi connectivity index (χ4v) is 3.85. The fraction of sp³-hybridized carbons (Fsp3) is 0.593. The summed E-state index contributed by atoms with van der Waals surface area (Å²) in [4.78, 5) is 17.4. The Labute approximate surface area is 207 Å². The Bertz CT molecular complexity index is 653. The third-order valence-electron chi connectivity index (χ3n) is 5.57. The zero-order valence-corrected chi connectivity index (χ0v) is 21.5. The molecule has 1 rings (SSSR count). The highest BCUT2D eigenvalue weighted by Gasteiger charge is 2.14. The molecule has 1 aromatic rings. The summed E-state index contributed by atoms with van der Waals surface area (Å²) in [5, 5.41) is 0. The van der Waals surface area contributed by atoms with Crippen molar-refractivity contribution < 1.29 is 0 Å². The largest absolute Gasteiger partial charge is 0.342 e. The van der Waals surface area contributed by atoms with Crippen LogP contribution < -0.4 is 9.80 Å². The van der Waals surface area contributed by atoms with Gasteiger partial charge in [-0.2, -0.15) is 9.97 Å². The zero-order valence-electron chi connectivity index (χ0n) is 20.6. The second kappa shape index (κ2) is 19.3. The monoisotopic (exact) mass is 471 g/mol. The highest BCUT2D eigenvalue weighted by atomic mass is 32.1. The van der Waals surface area contributed by atoms with Crippen molar-refractivity contribution in [3.63, 3.8) is 0 Å². The molecule has 0 amide bonds. The number of aromatic nitrogens is 3. The molecule has 5 nitrogen and oxygen atoms in total. The molecule has 184 valence electrons. The van der Waals surface area contributed by atoms with Gasteiger partial charge in [0, 0.05) is 26.2 Å². The lowest BCUT2D eigenvalue weighted by atomic mass is 10.2. The summed E-state index contributed by atoms with van der Waals surface area (Å²) in [6.45, 7) is 19.1. The van der Waals surface area contributed by atoms with Crippen molar-refractivity contribution in [2.75, 3.05) is 36.0 Å². The number of H-pyrrole nitrogens is 1. The Kier molecular flexibility index (Phi) is 16.8. The topological polar surface area (TPSA) is 48.1 Å². The van der Waals surface area contributed by atoms with E-state index in [1.807, 2.05) is 24.3 Å². The predicted molar refractivity (Wildman–Crippen MR) is 148 cm³/mol. The molecule has 1 heterocycles. The van der Waals surface area contributed by atoms with Crippen molar-refractivity contribution in [1.29, 1.82) is 0 Å². The van der Waals surface area contributed by atoms with Gasteiger partial charge < -0.3 is 9.80 Å². The van der Waals surface area contributed by atoms with E-state index in [4.69, 9.17) is 12.2 Å². The molecule has 1 N–H and O–H groups in total. The maximum absolute atomic E-state index is 5.49. The lowest BCUT2D eigenvalue weighted by Crippen LogP contribution is -2.31. The highest BCUT2D eigenvalue weighted by molar-refractivity contribution is 7.71. The summed E-state index contributed by atoms with van der Waals surface area (Å²) in [6, 6.07) is 0. The molecule has 1 aromatic heterocycles. The van der Waals surface area contributed by atoms with Crippen molar-refractivity contribution in [3.05, 3.63) is 55.4 Å². The van der Waals surface area contributed by atoms with Gasteiger partial charge in [-0.3, -0.25) is 4.98 Å². The number of rotatable bonds is 22. The Morgan fingerprint density at radius 3 is 1.15 bits per heavy atom. The maximum atomic E-state index is 5.49. The minimum Gasteiger partial charge on any atom is -0.342 e. The molecular weight excluding hydrogens is 426 g/mol. The third-order valence-corrected chi connectivity index (χ3v) is 5.75. The fourth-order valence-electron chi connectivity index (χ4n) is 3.67. The number of nitrogens with one attached hydrogen (secondary N) is 1. The van der Waals surface area contributed by atoms with Gasteiger partial charge in [-0.05, 0) is 89.3 Å². The number of hydrogen-bond donors (Lipinski definition) is 1. The molecule has 0 saturated carbocycles. The molecule has 0 radical (unpaired) electrons. The van der Waals surface area contributed by atoms with Crippen LogP contribution in [0.3, 0.4) is 0 Å². The van der Waals surface area contributed by atoms with Gasteiger partial charge in [-0.1, -0.05) is 24.3 Å². The van der Waals surface area contributed by atoms with E-state index in [0.29, 0.717) is 4.77 Å². The molecule has 0 fully saturated rings. The van der Waals surface area contributed by atoms with Crippen molar-refractivity contribution in [3.8, 4) is 0 Å². The molecule has 0 unspecified atom stereocenters. The van der Waals surface area contributed by atoms with Crippen LogP contribution in [0.2, 0.25) is 0 Å². The summed E-state index contributed by atoms with van der Waals surface area (Å²) < 4.78 is 0.406. The van der Waals surface area contributed by atoms with Crippen LogP contribution in [0.4, 0.5) is 11.9 Å². The number of aromatic amines is 1. The number of hydrogen-bond acceptors (Lipinski definition) is 5. The van der Waals surface area contributed by atoms with Gasteiger partial charge in [0.05, 0.1) is 0 Å². The Balaban J connectivity index is 3.01. The van der Waals surface area contributed by atoms with Crippen LogP contribution in [0.1, 0.15) is 77.0 Å². The first-order valence-corrected chi connectivity index (χ1v) is 13.0. The van der Waals surface area contributed by atoms with Crippen molar-refractivity contribution in [2.45, 2.75) is 77.0 Å². The zero-order chi connectivity index (χ0) is 24.2. The van der Waals surface area contributed by atoms with Gasteiger partial charge in [0.15, 0.2) is 0 Å². The highest BCUT2D eigenvalue weighted by Crippen LogP contribution is 2.17. The van der Waals surface area contributed by atoms with Crippen LogP contribution >= 0.6 is 12.2 Å². The van der Waals surface area contributed by atoms with E-state index in [0.717, 1.165) is 115 Å². The van der Waals surface area contributed by atoms with Crippen molar-refractivity contribution in [1.82, 2.24) is 15.0 Å². The molecule has 6 heteroatoms. The predicted octanol–water partition coefficient (Wildman–Crippen LogP) is 7.57. The number of anilines is 2. The van der Waals surface area contributed by atoms with Gasteiger partial charge >= 0.3 is 0 Å². The van der Waals surface area contributed by atoms with E-state index in [-0.39, 0.29) is 0 Å². The molecule has 0 saturated heterocycles. The summed E-state index contributed by atoms with van der Waals surface area (Å²) in [5.41, 5.74) is 0. The summed E-state index contributed by atoms with van der Waals surface area (Å²) >= 11 is 5.49. The van der Waals surface area contributed by atoms with Gasteiger partial charge in [0.1, 0.15) is 0 Å². The maximum Gasteiger partial charge on any atom is 0.225 e. The molecule has 0 bridgehead atoms. The molecule has 0 aliphatic rings. The van der Waals surface area contributed by atoms with Gasteiger partial charge in [0.2, 0.25) is 16.7 Å². The van der Waals surface area contributed by atoms with Crippen LogP contribution in [0.15, 0.2) is 50.6 Å². The van der Waals surface area contributed by atoms with Crippen LogP contribution in [0.25, 0.3) is 0 Å². The minimum atomic E-state index is 0.406. The molecule has 0 aliphatic carbocycles. The smallest absolute Gasteiger partial charge is 0.225 e. The van der Waals surface area contributed by atoms with Crippen LogP contribution in [-0.4, -0.2) is 41.1 Å². The van der Waals surface area contributed by atoms with E-state index in [2.05, 4.69) is 51.1 Å². The molecule has 33 heavy (non-hydrogen) atoms. The SMILES string of the molecule is C=CCCCCN(CCCCC=C)c1nc(=S)nc(N(CCCCC=C)CCCCC=C)[nH]1. The van der Waals surface area contributed by atoms with Crippen LogP contribution in [0, 0.1) is 4.77 Å². The lowest BCUT2D eigenvalue weighted by molar-refractivity contribution is 0.624. The van der Waals surface area contributed by atoms with E-state index in [1.54, 1.807) is 0 Å². The molecular formula is C27H45N5S. The molecule has 0 aliphatic heterocycles. The van der Waals surface area contributed by atoms with Crippen molar-refractivity contribution >= 4 is 24.1 Å². The average Bonchev–Trinajstić information content (AvgIpc) is 2.81. The summed E-state index contributed by atoms with van der Waals surface area (Å²) in [6.07, 6.45) is 21.0. The van der Waals surface area contributed by atoms with E-state index < -0.39 is 0 Å². The molecule has 0 atom stereocenters. The number of allylic oxidation sites excluding steroid dienone is 4. The summed E-state index contributed by atoms with van der Waals surface area (Å²) in [5.74, 6) is 1.67. The van der Waals surface area contributed by atoms with Crippen LogP contribution in [-0.2, 0) is 0 Å². The normalized spacial score (nSPS) is 10.5. The van der Waals surface area contributed by atoms with Crippen LogP contribution in [0.5, 0.6) is 0 Å². The standard InChI is InChI=1S/C27H45N5S/c1-5-9-13-17-21-31(22-18-14-10-6-2)25-28-26(30-27(33)29-25)32(23-19-15-11-7-3)24-20-16-12-8-4/h5-8H,1-4,9-24H2,(H,28,29,30,33). The minimum absolute atomic E-state index is 0.406. The van der Waals surface area contributed by atoms with E-state index in [9.17, 15) is 0 Å². The first kappa shape index (κ1) is 28.8. The molecule has 0 aromatic carbocycles. The first-order chi connectivity index (χ1) is 16.2. The Morgan fingerprint density at radius 1 is 0.576 bits per heavy atom. The number of nitrogens with zero attached hydrogens (tertiary/aromatic N) is 4. The second-order valence-electron chi connectivity index (χ2n) is 8.39. The second-order valence-corrected chi connectivity index (χ2v) is 8.76. The lowest BCUT2D eigenvalue weighted by Gasteiger charge is -2.27. The van der Waals surface area contributed by atoms with E-state index in [1.165, 1.54) is 0 Å². The van der Waals surface area contributed by atoms with E-state index >= 15 is 0 Å². The Hall–Kier alpha value is -2.21. The first-order valence-electron chi connectivity index (χ1n) is 12.6. The average molecular weight is 472 g/mol. The number of unbranched alkanes of at least 4 members (excludes halogenated alkanes) is 8. The summed E-state index contributed by atoms with van der Waals surface area (Å²) in [7, 11) is 0. The van der Waals surface area contributed by atoms with Gasteiger partial charge in [-0.15, -0.1) is 26.3 Å². The quantitative estimate of drug-likeness (QED) is 0.107. The van der Waals surface area contributed by atoms with Gasteiger partial charge in [-0.25, -0.2) is 0 Å². The van der Waals surface area contributed by atoms with Crippen molar-refractivity contribution in [2.24, 2.45) is 0 Å². The van der Waals surface area contributed by atoms with Gasteiger partial charge in [0.25, 0.3) is 0 Å². The molecule has 0 spiro atoms.